The molecule has 3 amide bonds. The zero-order valence-corrected chi connectivity index (χ0v) is 20.0. The Balaban J connectivity index is 1.93. The van der Waals surface area contributed by atoms with Gasteiger partial charge in [-0.2, -0.15) is 0 Å². The number of carbonyl (C=O) groups excluding carboxylic acids is 3. The fourth-order valence-electron chi connectivity index (χ4n) is 4.14. The molecule has 0 fully saturated rings. The van der Waals surface area contributed by atoms with Crippen molar-refractivity contribution in [2.24, 2.45) is 5.92 Å². The number of rotatable bonds is 9. The second-order valence-electron chi connectivity index (χ2n) is 8.68. The molecule has 1 heterocycles. The van der Waals surface area contributed by atoms with E-state index in [1.807, 2.05) is 54.3 Å². The standard InChI is InChI=1S/C27H35N3O3/c1-4-6-17-28(18-7-5-2)25(31)20-30-24-16-12-11-15-23(24)29(19-21(3)26(30)32)27(33)22-13-9-8-10-14-22/h8-16,21H,4-7,17-20H2,1-3H3. The third-order valence-corrected chi connectivity index (χ3v) is 6.08. The summed E-state index contributed by atoms with van der Waals surface area (Å²) in [6.07, 6.45) is 3.90. The number of amides is 3. The van der Waals surface area contributed by atoms with Gasteiger partial charge in [0.2, 0.25) is 11.8 Å². The first-order chi connectivity index (χ1) is 16.0. The van der Waals surface area contributed by atoms with Crippen molar-refractivity contribution in [2.45, 2.75) is 46.5 Å². The molecule has 0 bridgehead atoms. The topological polar surface area (TPSA) is 60.9 Å². The molecule has 1 atom stereocenters. The molecule has 1 aliphatic rings. The van der Waals surface area contributed by atoms with Crippen molar-refractivity contribution in [1.82, 2.24) is 4.90 Å². The molecule has 0 aromatic heterocycles. The monoisotopic (exact) mass is 449 g/mol. The smallest absolute Gasteiger partial charge is 0.258 e. The number of anilines is 2. The van der Waals surface area contributed by atoms with Gasteiger partial charge in [0, 0.05) is 25.2 Å². The Morgan fingerprint density at radius 1 is 0.909 bits per heavy atom. The quantitative estimate of drug-likeness (QED) is 0.555. The first-order valence-corrected chi connectivity index (χ1v) is 12.0. The Morgan fingerprint density at radius 3 is 2.09 bits per heavy atom. The maximum absolute atomic E-state index is 13.4. The lowest BCUT2D eigenvalue weighted by Crippen LogP contribution is -2.45. The highest BCUT2D eigenvalue weighted by atomic mass is 16.2. The van der Waals surface area contributed by atoms with Gasteiger partial charge in [0.15, 0.2) is 0 Å². The van der Waals surface area contributed by atoms with Crippen LogP contribution >= 0.6 is 0 Å². The molecular weight excluding hydrogens is 414 g/mol. The van der Waals surface area contributed by atoms with Crippen LogP contribution < -0.4 is 9.80 Å². The van der Waals surface area contributed by atoms with E-state index in [1.54, 1.807) is 21.9 Å². The van der Waals surface area contributed by atoms with Crippen LogP contribution in [0.1, 0.15) is 56.8 Å². The summed E-state index contributed by atoms with van der Waals surface area (Å²) in [5.41, 5.74) is 1.84. The van der Waals surface area contributed by atoms with Gasteiger partial charge in [0.05, 0.1) is 17.3 Å². The summed E-state index contributed by atoms with van der Waals surface area (Å²) < 4.78 is 0. The number of unbranched alkanes of at least 4 members (excludes halogenated alkanes) is 2. The van der Waals surface area contributed by atoms with Crippen molar-refractivity contribution >= 4 is 29.1 Å². The first kappa shape index (κ1) is 24.5. The van der Waals surface area contributed by atoms with Crippen LogP contribution in [-0.4, -0.2) is 48.8 Å². The second-order valence-corrected chi connectivity index (χ2v) is 8.68. The molecule has 0 aliphatic carbocycles. The lowest BCUT2D eigenvalue weighted by Gasteiger charge is -2.29. The number of para-hydroxylation sites is 2. The molecule has 0 radical (unpaired) electrons. The van der Waals surface area contributed by atoms with Crippen molar-refractivity contribution in [3.8, 4) is 0 Å². The van der Waals surface area contributed by atoms with Gasteiger partial charge >= 0.3 is 0 Å². The van der Waals surface area contributed by atoms with Gasteiger partial charge in [0.1, 0.15) is 6.54 Å². The van der Waals surface area contributed by atoms with Gasteiger partial charge in [-0.15, -0.1) is 0 Å². The number of fused-ring (bicyclic) bond motifs is 1. The fraction of sp³-hybridized carbons (Fsp3) is 0.444. The van der Waals surface area contributed by atoms with E-state index in [0.717, 1.165) is 25.7 Å². The number of hydrogen-bond acceptors (Lipinski definition) is 3. The molecule has 6 nitrogen and oxygen atoms in total. The van der Waals surface area contributed by atoms with E-state index in [1.165, 1.54) is 0 Å². The molecule has 0 N–H and O–H groups in total. The molecular formula is C27H35N3O3. The highest BCUT2D eigenvalue weighted by Crippen LogP contribution is 2.35. The van der Waals surface area contributed by atoms with Crippen LogP contribution in [-0.2, 0) is 9.59 Å². The molecule has 0 spiro atoms. The Labute approximate surface area is 197 Å². The molecule has 0 saturated carbocycles. The van der Waals surface area contributed by atoms with Crippen LogP contribution in [0.3, 0.4) is 0 Å². The van der Waals surface area contributed by atoms with E-state index in [0.29, 0.717) is 30.0 Å². The molecule has 3 rings (SSSR count). The first-order valence-electron chi connectivity index (χ1n) is 12.0. The normalized spacial score (nSPS) is 15.7. The van der Waals surface area contributed by atoms with Gasteiger partial charge in [0.25, 0.3) is 5.91 Å². The predicted octanol–water partition coefficient (Wildman–Crippen LogP) is 4.74. The van der Waals surface area contributed by atoms with Crippen LogP contribution in [0.5, 0.6) is 0 Å². The van der Waals surface area contributed by atoms with Crippen LogP contribution in [0.25, 0.3) is 0 Å². The Bertz CT molecular complexity index is 952. The average Bonchev–Trinajstić information content (AvgIpc) is 2.94. The fourth-order valence-corrected chi connectivity index (χ4v) is 4.14. The highest BCUT2D eigenvalue weighted by Gasteiger charge is 2.35. The van der Waals surface area contributed by atoms with Gasteiger partial charge in [-0.3, -0.25) is 14.4 Å². The zero-order valence-electron chi connectivity index (χ0n) is 20.0. The van der Waals surface area contributed by atoms with Crippen molar-refractivity contribution in [3.05, 3.63) is 60.2 Å². The number of hydrogen-bond donors (Lipinski definition) is 0. The Morgan fingerprint density at radius 2 is 1.48 bits per heavy atom. The lowest BCUT2D eigenvalue weighted by molar-refractivity contribution is -0.132. The molecule has 2 aromatic carbocycles. The summed E-state index contributed by atoms with van der Waals surface area (Å²) in [6.45, 7) is 7.70. The van der Waals surface area contributed by atoms with Gasteiger partial charge < -0.3 is 14.7 Å². The third kappa shape index (κ3) is 5.81. The second kappa shape index (κ2) is 11.6. The van der Waals surface area contributed by atoms with Crippen molar-refractivity contribution in [2.75, 3.05) is 36.0 Å². The summed E-state index contributed by atoms with van der Waals surface area (Å²) in [7, 11) is 0. The summed E-state index contributed by atoms with van der Waals surface area (Å²) in [4.78, 5) is 45.2. The third-order valence-electron chi connectivity index (χ3n) is 6.08. The van der Waals surface area contributed by atoms with Crippen LogP contribution in [0.15, 0.2) is 54.6 Å². The van der Waals surface area contributed by atoms with E-state index in [9.17, 15) is 14.4 Å². The van der Waals surface area contributed by atoms with E-state index >= 15 is 0 Å². The van der Waals surface area contributed by atoms with Gasteiger partial charge in [-0.1, -0.05) is 63.9 Å². The van der Waals surface area contributed by atoms with Crippen LogP contribution in [0.2, 0.25) is 0 Å². The molecule has 1 aliphatic heterocycles. The minimum Gasteiger partial charge on any atom is -0.341 e. The predicted molar refractivity (Wildman–Crippen MR) is 132 cm³/mol. The van der Waals surface area contributed by atoms with E-state index < -0.39 is 5.92 Å². The molecule has 0 saturated heterocycles. The van der Waals surface area contributed by atoms with Gasteiger partial charge in [-0.25, -0.2) is 0 Å². The van der Waals surface area contributed by atoms with E-state index in [2.05, 4.69) is 13.8 Å². The maximum atomic E-state index is 13.4. The summed E-state index contributed by atoms with van der Waals surface area (Å²) in [6, 6.07) is 16.5. The average molecular weight is 450 g/mol. The largest absolute Gasteiger partial charge is 0.341 e. The highest BCUT2D eigenvalue weighted by molar-refractivity contribution is 6.12. The molecule has 6 heteroatoms. The zero-order chi connectivity index (χ0) is 23.8. The number of carbonyl (C=O) groups is 3. The maximum Gasteiger partial charge on any atom is 0.258 e. The van der Waals surface area contributed by atoms with E-state index in [-0.39, 0.29) is 30.8 Å². The van der Waals surface area contributed by atoms with E-state index in [4.69, 9.17) is 0 Å². The summed E-state index contributed by atoms with van der Waals surface area (Å²) in [5.74, 6) is -0.763. The molecule has 176 valence electrons. The number of nitrogens with zero attached hydrogens (tertiary/aromatic N) is 3. The van der Waals surface area contributed by atoms with Crippen LogP contribution in [0.4, 0.5) is 11.4 Å². The summed E-state index contributed by atoms with van der Waals surface area (Å²) in [5, 5.41) is 0. The van der Waals surface area contributed by atoms with Crippen molar-refractivity contribution in [3.63, 3.8) is 0 Å². The molecule has 1 unspecified atom stereocenters. The molecule has 33 heavy (non-hydrogen) atoms. The minimum atomic E-state index is -0.433. The SMILES string of the molecule is CCCCN(CCCC)C(=O)CN1C(=O)C(C)CN(C(=O)c2ccccc2)c2ccccc21. The van der Waals surface area contributed by atoms with Crippen molar-refractivity contribution < 1.29 is 14.4 Å². The Kier molecular flexibility index (Phi) is 8.64. The molecule has 2 aromatic rings. The van der Waals surface area contributed by atoms with Crippen molar-refractivity contribution in [1.29, 1.82) is 0 Å². The minimum absolute atomic E-state index is 0.0129. The van der Waals surface area contributed by atoms with Gasteiger partial charge in [-0.05, 0) is 37.1 Å². The number of benzene rings is 2. The Hall–Kier alpha value is -3.15. The summed E-state index contributed by atoms with van der Waals surface area (Å²) >= 11 is 0. The lowest BCUT2D eigenvalue weighted by atomic mass is 10.1. The van der Waals surface area contributed by atoms with Crippen LogP contribution in [0, 0.1) is 5.92 Å².